The van der Waals surface area contributed by atoms with Crippen molar-refractivity contribution in [1.29, 1.82) is 0 Å². The largest absolute Gasteiger partial charge is 0.361 e. The summed E-state index contributed by atoms with van der Waals surface area (Å²) >= 11 is 1.53. The van der Waals surface area contributed by atoms with Crippen LogP contribution < -0.4 is 0 Å². The van der Waals surface area contributed by atoms with Crippen molar-refractivity contribution < 1.29 is 9.58 Å². The Bertz CT molecular complexity index is 479. The molecule has 0 aromatic heterocycles. The van der Waals surface area contributed by atoms with Gasteiger partial charge in [-0.3, -0.25) is 4.79 Å². The van der Waals surface area contributed by atoms with Gasteiger partial charge < -0.3 is 5.53 Å². The molecule has 0 unspecified atom stereocenters. The second kappa shape index (κ2) is 13.3. The molecule has 4 heteroatoms. The number of ketones is 1. The highest BCUT2D eigenvalue weighted by Crippen LogP contribution is 2.12. The zero-order valence-electron chi connectivity index (χ0n) is 14.3. The average molecular weight is 321 g/mol. The molecule has 0 spiro atoms. The molecule has 122 valence electrons. The summed E-state index contributed by atoms with van der Waals surface area (Å²) in [4.78, 5) is 13.8. The van der Waals surface area contributed by atoms with E-state index in [1.54, 1.807) is 0 Å². The number of allylic oxidation sites excluding steroid dienone is 5. The number of hydrogen-bond donors (Lipinski definition) is 0. The van der Waals surface area contributed by atoms with E-state index in [1.165, 1.54) is 28.5 Å². The van der Waals surface area contributed by atoms with Crippen molar-refractivity contribution in [1.82, 2.24) is 0 Å². The van der Waals surface area contributed by atoms with Gasteiger partial charge in [0.25, 0.3) is 0 Å². The van der Waals surface area contributed by atoms with Gasteiger partial charge in [0.1, 0.15) is 0 Å². The normalized spacial score (nSPS) is 11.8. The van der Waals surface area contributed by atoms with Crippen molar-refractivity contribution in [2.24, 2.45) is 0 Å². The van der Waals surface area contributed by atoms with Gasteiger partial charge in [-0.1, -0.05) is 34.9 Å². The van der Waals surface area contributed by atoms with Crippen LogP contribution in [0.4, 0.5) is 0 Å². The lowest BCUT2D eigenvalue weighted by Crippen LogP contribution is -2.03. The fourth-order valence-corrected chi connectivity index (χ4v) is 2.60. The number of carbonyl (C=O) groups excluding carboxylic acids is 1. The first-order valence-electron chi connectivity index (χ1n) is 7.68. The van der Waals surface area contributed by atoms with Crippen LogP contribution in [0.5, 0.6) is 0 Å². The van der Waals surface area contributed by atoms with Gasteiger partial charge in [0, 0.05) is 5.75 Å². The molecule has 0 heterocycles. The van der Waals surface area contributed by atoms with E-state index in [0.29, 0.717) is 5.75 Å². The Morgan fingerprint density at radius 3 is 2.18 bits per heavy atom. The van der Waals surface area contributed by atoms with Gasteiger partial charge >= 0.3 is 6.21 Å². The van der Waals surface area contributed by atoms with Crippen LogP contribution in [-0.4, -0.2) is 28.3 Å². The van der Waals surface area contributed by atoms with Crippen LogP contribution in [0.2, 0.25) is 0 Å². The number of carbonyl (C=O) groups is 1. The maximum atomic E-state index is 11.1. The zero-order valence-corrected chi connectivity index (χ0v) is 15.1. The van der Waals surface area contributed by atoms with Crippen LogP contribution in [0, 0.1) is 0 Å². The van der Waals surface area contributed by atoms with Gasteiger partial charge in [-0.2, -0.15) is 4.79 Å². The van der Waals surface area contributed by atoms with E-state index in [1.807, 2.05) is 0 Å². The van der Waals surface area contributed by atoms with Crippen molar-refractivity contribution in [3.63, 3.8) is 0 Å². The highest BCUT2D eigenvalue weighted by Gasteiger charge is 2.01. The minimum Gasteiger partial charge on any atom is -0.361 e. The summed E-state index contributed by atoms with van der Waals surface area (Å²) in [5.74, 6) is 1.02. The highest BCUT2D eigenvalue weighted by molar-refractivity contribution is 8.00. The number of Topliss-reactive ketones (excluding diaryl/α,β-unsaturated/α-hetero) is 1. The second-order valence-corrected chi connectivity index (χ2v) is 6.72. The third-order valence-corrected chi connectivity index (χ3v) is 4.01. The lowest BCUT2D eigenvalue weighted by Gasteiger charge is -2.01. The first kappa shape index (κ1) is 20.6. The van der Waals surface area contributed by atoms with E-state index in [9.17, 15) is 4.79 Å². The molecule has 0 aliphatic carbocycles. The Morgan fingerprint density at radius 1 is 1.00 bits per heavy atom. The third-order valence-electron chi connectivity index (χ3n) is 3.12. The summed E-state index contributed by atoms with van der Waals surface area (Å²) in [6.45, 7) is 8.59. The van der Waals surface area contributed by atoms with Crippen molar-refractivity contribution in [3.8, 4) is 0 Å². The maximum absolute atomic E-state index is 11.1. The van der Waals surface area contributed by atoms with Crippen LogP contribution in [-0.2, 0) is 4.79 Å². The van der Waals surface area contributed by atoms with Gasteiger partial charge in [0.05, 0.1) is 5.75 Å². The first-order chi connectivity index (χ1) is 10.5. The van der Waals surface area contributed by atoms with Crippen molar-refractivity contribution in [2.75, 3.05) is 11.5 Å². The van der Waals surface area contributed by atoms with Gasteiger partial charge in [0.2, 0.25) is 5.78 Å². The summed E-state index contributed by atoms with van der Waals surface area (Å²) in [7, 11) is 0. The average Bonchev–Trinajstić information content (AvgIpc) is 2.43. The molecule has 0 bridgehead atoms. The number of hydrogen-bond acceptors (Lipinski definition) is 2. The molecule has 0 aromatic carbocycles. The SMILES string of the molecule is CC(C)=CCC/C(C)=C\CC/C(C)=C/CSCC(=O)C=[N+]=[N-]. The molecule has 0 atom stereocenters. The minimum absolute atomic E-state index is 0.159. The number of thioether (sulfide) groups is 1. The van der Waals surface area contributed by atoms with E-state index in [-0.39, 0.29) is 5.78 Å². The quantitative estimate of drug-likeness (QED) is 0.177. The molecule has 0 rings (SSSR count). The van der Waals surface area contributed by atoms with Crippen molar-refractivity contribution >= 4 is 23.8 Å². The predicted octanol–water partition coefficient (Wildman–Crippen LogP) is 5.01. The van der Waals surface area contributed by atoms with Crippen LogP contribution >= 0.6 is 11.8 Å². The van der Waals surface area contributed by atoms with E-state index < -0.39 is 0 Å². The lowest BCUT2D eigenvalue weighted by atomic mass is 10.1. The molecule has 22 heavy (non-hydrogen) atoms. The standard InChI is InChI=1S/C18H28N2OS/c1-15(2)7-5-8-16(3)9-6-10-17(4)11-12-22-14-18(21)13-20-19/h7,9,11,13H,5-6,8,10,12,14H2,1-4H3/b16-9-,17-11+. The summed E-state index contributed by atoms with van der Waals surface area (Å²) < 4.78 is 0. The Hall–Kier alpha value is -1.38. The van der Waals surface area contributed by atoms with Crippen molar-refractivity contribution in [2.45, 2.75) is 53.4 Å². The van der Waals surface area contributed by atoms with Crippen LogP contribution in [0.25, 0.3) is 5.53 Å². The molecule has 0 amide bonds. The molecule has 0 aliphatic heterocycles. The summed E-state index contributed by atoms with van der Waals surface area (Å²) in [6.07, 6.45) is 12.1. The Balaban J connectivity index is 3.89. The topological polar surface area (TPSA) is 53.5 Å². The molecule has 0 saturated carbocycles. The molecule has 0 radical (unpaired) electrons. The highest BCUT2D eigenvalue weighted by atomic mass is 32.2. The number of rotatable bonds is 11. The third kappa shape index (κ3) is 13.6. The van der Waals surface area contributed by atoms with Gasteiger partial charge in [-0.15, -0.1) is 11.8 Å². The smallest absolute Gasteiger partial charge is 0.324 e. The molecule has 0 aliphatic rings. The Labute approximate surface area is 139 Å². The number of nitrogens with zero attached hydrogens (tertiary/aromatic N) is 2. The van der Waals surface area contributed by atoms with E-state index >= 15 is 0 Å². The van der Waals surface area contributed by atoms with E-state index in [0.717, 1.165) is 37.7 Å². The monoisotopic (exact) mass is 320 g/mol. The van der Waals surface area contributed by atoms with Crippen molar-refractivity contribution in [3.05, 3.63) is 40.5 Å². The fraction of sp³-hybridized carbons (Fsp3) is 0.556. The zero-order chi connectivity index (χ0) is 16.8. The summed E-state index contributed by atoms with van der Waals surface area (Å²) in [5, 5.41) is 0. The Kier molecular flexibility index (Phi) is 12.5. The second-order valence-electron chi connectivity index (χ2n) is 5.69. The van der Waals surface area contributed by atoms with E-state index in [2.05, 4.69) is 50.7 Å². The minimum atomic E-state index is -0.159. The van der Waals surface area contributed by atoms with Gasteiger partial charge in [-0.05, 0) is 53.4 Å². The first-order valence-corrected chi connectivity index (χ1v) is 8.83. The predicted molar refractivity (Wildman–Crippen MR) is 97.4 cm³/mol. The molecule has 0 N–H and O–H groups in total. The molecule has 0 saturated heterocycles. The lowest BCUT2D eigenvalue weighted by molar-refractivity contribution is -0.113. The van der Waals surface area contributed by atoms with Crippen LogP contribution in [0.1, 0.15) is 53.4 Å². The maximum Gasteiger partial charge on any atom is 0.324 e. The molecule has 3 nitrogen and oxygen atoms in total. The molecule has 0 fully saturated rings. The molecule has 0 aromatic rings. The van der Waals surface area contributed by atoms with Gasteiger partial charge in [0.15, 0.2) is 0 Å². The molecular weight excluding hydrogens is 292 g/mol. The molecular formula is C18H28N2OS. The van der Waals surface area contributed by atoms with Crippen LogP contribution in [0.15, 0.2) is 34.9 Å². The summed E-state index contributed by atoms with van der Waals surface area (Å²) in [6, 6.07) is 0. The Morgan fingerprint density at radius 2 is 1.59 bits per heavy atom. The summed E-state index contributed by atoms with van der Waals surface area (Å²) in [5.41, 5.74) is 12.4. The van der Waals surface area contributed by atoms with E-state index in [4.69, 9.17) is 5.53 Å². The van der Waals surface area contributed by atoms with Crippen LogP contribution in [0.3, 0.4) is 0 Å². The fourth-order valence-electron chi connectivity index (χ4n) is 1.80. The van der Waals surface area contributed by atoms with Gasteiger partial charge in [-0.25, -0.2) is 0 Å².